The summed E-state index contributed by atoms with van der Waals surface area (Å²) in [5.74, 6) is -1.25. The van der Waals surface area contributed by atoms with E-state index in [1.54, 1.807) is 31.2 Å². The lowest BCUT2D eigenvalue weighted by Gasteiger charge is -2.36. The number of allylic oxidation sites excluding steroid dienone is 1. The first-order valence-corrected chi connectivity index (χ1v) is 7.78. The van der Waals surface area contributed by atoms with Gasteiger partial charge in [-0.1, -0.05) is 71.7 Å². The van der Waals surface area contributed by atoms with E-state index in [1.807, 2.05) is 36.4 Å². The van der Waals surface area contributed by atoms with E-state index < -0.39 is 16.0 Å². The van der Waals surface area contributed by atoms with Gasteiger partial charge in [-0.15, -0.1) is 0 Å². The molecule has 1 aliphatic rings. The first-order chi connectivity index (χ1) is 10.9. The summed E-state index contributed by atoms with van der Waals surface area (Å²) in [5, 5.41) is 0. The van der Waals surface area contributed by atoms with Crippen molar-refractivity contribution in [2.75, 3.05) is 4.90 Å². The van der Waals surface area contributed by atoms with Gasteiger partial charge in [-0.25, -0.2) is 0 Å². The molecule has 3 rings (SSSR count). The minimum Gasteiger partial charge on any atom is -0.290 e. The van der Waals surface area contributed by atoms with Gasteiger partial charge >= 0.3 is 0 Å². The number of Topliss-reactive ketones (excluding diaryl/α,β-unsaturated/α-hetero) is 1. The fourth-order valence-electron chi connectivity index (χ4n) is 2.61. The highest BCUT2D eigenvalue weighted by atomic mass is 35.5. The molecule has 0 spiro atoms. The minimum absolute atomic E-state index is 0.352. The van der Waals surface area contributed by atoms with Gasteiger partial charge in [0.05, 0.1) is 5.70 Å². The van der Waals surface area contributed by atoms with Crippen molar-refractivity contribution in [2.24, 2.45) is 0 Å². The summed E-state index contributed by atoms with van der Waals surface area (Å²) >= 11 is 12.1. The summed E-state index contributed by atoms with van der Waals surface area (Å²) in [6.45, 7) is 1.63. The number of benzene rings is 2. The lowest BCUT2D eigenvalue weighted by atomic mass is 9.95. The zero-order valence-electron chi connectivity index (χ0n) is 12.3. The molecule has 0 saturated heterocycles. The normalized spacial score (nSPS) is 17.6. The van der Waals surface area contributed by atoms with Crippen LogP contribution in [0.5, 0.6) is 0 Å². The van der Waals surface area contributed by atoms with Crippen LogP contribution in [0, 0.1) is 0 Å². The van der Waals surface area contributed by atoms with Gasteiger partial charge in [0.2, 0.25) is 5.78 Å². The number of carbonyl (C=O) groups is 2. The van der Waals surface area contributed by atoms with E-state index in [-0.39, 0.29) is 0 Å². The summed E-state index contributed by atoms with van der Waals surface area (Å²) in [5.41, 5.74) is 2.21. The van der Waals surface area contributed by atoms with Crippen molar-refractivity contribution >= 4 is 46.3 Å². The van der Waals surface area contributed by atoms with Crippen molar-refractivity contribution in [3.05, 3.63) is 71.8 Å². The molecular formula is C18H13Cl2NO2. The lowest BCUT2D eigenvalue weighted by molar-refractivity contribution is -0.126. The molecule has 0 unspecified atom stereocenters. The van der Waals surface area contributed by atoms with Gasteiger partial charge in [0.1, 0.15) is 0 Å². The standard InChI is InChI=1S/C18H13Cl2NO2/c1-12-15(13-8-4-2-5-9-13)21(14-10-6-3-7-11-14)17(23)18(19,20)16(12)22/h2-11H,1H3. The van der Waals surface area contributed by atoms with Crippen molar-refractivity contribution < 1.29 is 9.59 Å². The Labute approximate surface area is 144 Å². The molecule has 0 N–H and O–H groups in total. The van der Waals surface area contributed by atoms with E-state index in [1.165, 1.54) is 4.90 Å². The third kappa shape index (κ3) is 2.56. The Morgan fingerprint density at radius 2 is 1.39 bits per heavy atom. The van der Waals surface area contributed by atoms with E-state index >= 15 is 0 Å². The Kier molecular flexibility index (Phi) is 4.00. The average Bonchev–Trinajstić information content (AvgIpc) is 2.58. The van der Waals surface area contributed by atoms with Gasteiger partial charge < -0.3 is 0 Å². The molecule has 5 heteroatoms. The monoisotopic (exact) mass is 345 g/mol. The van der Waals surface area contributed by atoms with E-state index in [2.05, 4.69) is 0 Å². The second kappa shape index (κ2) is 5.84. The molecule has 1 aliphatic heterocycles. The van der Waals surface area contributed by atoms with E-state index in [9.17, 15) is 9.59 Å². The van der Waals surface area contributed by atoms with Crippen LogP contribution in [0.15, 0.2) is 66.2 Å². The first kappa shape index (κ1) is 15.8. The van der Waals surface area contributed by atoms with Crippen LogP contribution in [0.2, 0.25) is 0 Å². The van der Waals surface area contributed by atoms with Crippen LogP contribution in [-0.2, 0) is 9.59 Å². The second-order valence-corrected chi connectivity index (χ2v) is 6.55. The van der Waals surface area contributed by atoms with Crippen LogP contribution in [0.4, 0.5) is 5.69 Å². The van der Waals surface area contributed by atoms with Gasteiger partial charge in [-0.2, -0.15) is 0 Å². The number of nitrogens with zero attached hydrogens (tertiary/aromatic N) is 1. The number of amides is 1. The molecule has 0 atom stereocenters. The summed E-state index contributed by atoms with van der Waals surface area (Å²) in [4.78, 5) is 26.7. The van der Waals surface area contributed by atoms with Gasteiger partial charge in [0.25, 0.3) is 10.2 Å². The molecule has 0 bridgehead atoms. The third-order valence-electron chi connectivity index (χ3n) is 3.74. The van der Waals surface area contributed by atoms with Gasteiger partial charge in [-0.3, -0.25) is 14.5 Å². The summed E-state index contributed by atoms with van der Waals surface area (Å²) in [7, 11) is 0. The quantitative estimate of drug-likeness (QED) is 0.604. The second-order valence-electron chi connectivity index (χ2n) is 5.22. The predicted octanol–water partition coefficient (Wildman–Crippen LogP) is 4.21. The largest absolute Gasteiger partial charge is 0.290 e. The van der Waals surface area contributed by atoms with Crippen LogP contribution < -0.4 is 4.90 Å². The molecule has 23 heavy (non-hydrogen) atoms. The molecule has 2 aromatic carbocycles. The maximum Gasteiger partial charge on any atom is 0.276 e. The number of para-hydroxylation sites is 1. The average molecular weight is 346 g/mol. The topological polar surface area (TPSA) is 37.4 Å². The Morgan fingerprint density at radius 1 is 0.870 bits per heavy atom. The van der Waals surface area contributed by atoms with Crippen LogP contribution in [0.1, 0.15) is 12.5 Å². The zero-order valence-corrected chi connectivity index (χ0v) is 13.8. The van der Waals surface area contributed by atoms with E-state index in [0.717, 1.165) is 5.56 Å². The molecule has 3 nitrogen and oxygen atoms in total. The van der Waals surface area contributed by atoms with Crippen molar-refractivity contribution in [3.8, 4) is 0 Å². The number of halogens is 2. The molecule has 1 amide bonds. The summed E-state index contributed by atoms with van der Waals surface area (Å²) < 4.78 is -2.11. The Balaban J connectivity index is 2.28. The van der Waals surface area contributed by atoms with E-state index in [0.29, 0.717) is 17.0 Å². The number of alkyl halides is 2. The number of hydrogen-bond acceptors (Lipinski definition) is 2. The molecule has 0 saturated carbocycles. The molecule has 0 radical (unpaired) electrons. The Bertz CT molecular complexity index is 798. The van der Waals surface area contributed by atoms with Crippen molar-refractivity contribution in [2.45, 2.75) is 11.3 Å². The maximum atomic E-state index is 12.8. The zero-order chi connectivity index (χ0) is 16.6. The summed E-state index contributed by atoms with van der Waals surface area (Å²) in [6.07, 6.45) is 0. The third-order valence-corrected chi connectivity index (χ3v) is 4.40. The number of hydrogen-bond donors (Lipinski definition) is 0. The fourth-order valence-corrected chi connectivity index (χ4v) is 3.07. The molecule has 0 aliphatic carbocycles. The number of carbonyl (C=O) groups excluding carboxylic acids is 2. The Hall–Kier alpha value is -2.10. The highest BCUT2D eigenvalue weighted by molar-refractivity contribution is 6.71. The van der Waals surface area contributed by atoms with E-state index in [4.69, 9.17) is 23.2 Å². The first-order valence-electron chi connectivity index (χ1n) is 7.03. The van der Waals surface area contributed by atoms with Gasteiger partial charge in [0.15, 0.2) is 0 Å². The smallest absolute Gasteiger partial charge is 0.276 e. The highest BCUT2D eigenvalue weighted by Crippen LogP contribution is 2.41. The number of rotatable bonds is 2. The van der Waals surface area contributed by atoms with Crippen LogP contribution in [-0.4, -0.2) is 16.0 Å². The van der Waals surface area contributed by atoms with Crippen molar-refractivity contribution in [3.63, 3.8) is 0 Å². The predicted molar refractivity (Wildman–Crippen MR) is 92.4 cm³/mol. The van der Waals surface area contributed by atoms with Crippen molar-refractivity contribution in [1.29, 1.82) is 0 Å². The summed E-state index contributed by atoms with van der Waals surface area (Å²) in [6, 6.07) is 18.2. The van der Waals surface area contributed by atoms with Crippen LogP contribution in [0.3, 0.4) is 0 Å². The highest BCUT2D eigenvalue weighted by Gasteiger charge is 2.51. The molecule has 0 fully saturated rings. The van der Waals surface area contributed by atoms with Crippen LogP contribution >= 0.6 is 23.2 Å². The fraction of sp³-hybridized carbons (Fsp3) is 0.111. The molecule has 116 valence electrons. The molecule has 0 aromatic heterocycles. The minimum atomic E-state index is -2.11. The number of anilines is 1. The van der Waals surface area contributed by atoms with Gasteiger partial charge in [0, 0.05) is 11.3 Å². The molecular weight excluding hydrogens is 333 g/mol. The SMILES string of the molecule is CC1=C(c2ccccc2)N(c2ccccc2)C(=O)C(Cl)(Cl)C1=O. The lowest BCUT2D eigenvalue weighted by Crippen LogP contribution is -2.51. The van der Waals surface area contributed by atoms with Gasteiger partial charge in [-0.05, 0) is 24.6 Å². The number of ketones is 1. The van der Waals surface area contributed by atoms with Crippen LogP contribution in [0.25, 0.3) is 5.70 Å². The van der Waals surface area contributed by atoms with Crippen molar-refractivity contribution in [1.82, 2.24) is 0 Å². The Morgan fingerprint density at radius 3 is 1.96 bits per heavy atom. The maximum absolute atomic E-state index is 12.8. The molecule has 1 heterocycles. The molecule has 2 aromatic rings.